The molecule has 184 valence electrons. The van der Waals surface area contributed by atoms with Crippen molar-refractivity contribution in [1.29, 1.82) is 0 Å². The summed E-state index contributed by atoms with van der Waals surface area (Å²) in [5.74, 6) is -1.51. The number of ether oxygens (including phenoxy) is 1. The number of para-hydroxylation sites is 1. The zero-order valence-corrected chi connectivity index (χ0v) is 21.3. The largest absolute Gasteiger partial charge is 0.465 e. The molecule has 0 bridgehead atoms. The second kappa shape index (κ2) is 10.4. The average molecular weight is 524 g/mol. The number of methoxy groups -OCH3 is 1. The van der Waals surface area contributed by atoms with Crippen molar-refractivity contribution in [2.75, 3.05) is 19.0 Å². The maximum atomic E-state index is 13.0. The number of hydrogen-bond acceptors (Lipinski definition) is 6. The zero-order chi connectivity index (χ0) is 26.0. The molecular formula is C26H22ClN3O5S. The minimum absolute atomic E-state index is 0.217. The van der Waals surface area contributed by atoms with Crippen molar-refractivity contribution >= 4 is 58.1 Å². The summed E-state index contributed by atoms with van der Waals surface area (Å²) in [6, 6.07) is 15.6. The van der Waals surface area contributed by atoms with E-state index in [2.05, 4.69) is 5.32 Å². The van der Waals surface area contributed by atoms with E-state index in [4.69, 9.17) is 16.3 Å². The van der Waals surface area contributed by atoms with Crippen LogP contribution >= 0.6 is 23.4 Å². The molecule has 36 heavy (non-hydrogen) atoms. The van der Waals surface area contributed by atoms with Crippen molar-refractivity contribution in [3.8, 4) is 5.69 Å². The first-order valence-corrected chi connectivity index (χ1v) is 12.1. The van der Waals surface area contributed by atoms with Crippen LogP contribution in [-0.4, -0.2) is 46.1 Å². The number of benzene rings is 2. The van der Waals surface area contributed by atoms with Crippen molar-refractivity contribution in [2.45, 2.75) is 13.8 Å². The fourth-order valence-electron chi connectivity index (χ4n) is 3.89. The first-order chi connectivity index (χ1) is 17.2. The normalized spacial score (nSPS) is 14.4. The number of amides is 3. The van der Waals surface area contributed by atoms with Crippen LogP contribution in [0, 0.1) is 13.8 Å². The molecule has 2 aromatic carbocycles. The molecule has 3 aromatic rings. The molecule has 0 unspecified atom stereocenters. The van der Waals surface area contributed by atoms with E-state index in [0.29, 0.717) is 16.3 Å². The number of esters is 1. The maximum absolute atomic E-state index is 13.0. The third-order valence-electron chi connectivity index (χ3n) is 5.61. The Balaban J connectivity index is 1.55. The summed E-state index contributed by atoms with van der Waals surface area (Å²) in [5.41, 5.74) is 4.01. The van der Waals surface area contributed by atoms with E-state index in [1.54, 1.807) is 48.5 Å². The molecule has 0 radical (unpaired) electrons. The van der Waals surface area contributed by atoms with Crippen molar-refractivity contribution in [1.82, 2.24) is 9.47 Å². The van der Waals surface area contributed by atoms with Gasteiger partial charge in [0, 0.05) is 17.1 Å². The highest BCUT2D eigenvalue weighted by atomic mass is 35.5. The highest BCUT2D eigenvalue weighted by Crippen LogP contribution is 2.34. The summed E-state index contributed by atoms with van der Waals surface area (Å²) in [6.45, 7) is 3.36. The van der Waals surface area contributed by atoms with Gasteiger partial charge in [-0.2, -0.15) is 0 Å². The van der Waals surface area contributed by atoms with Gasteiger partial charge in [0.05, 0.1) is 28.3 Å². The van der Waals surface area contributed by atoms with Crippen molar-refractivity contribution in [3.63, 3.8) is 0 Å². The molecular weight excluding hydrogens is 502 g/mol. The van der Waals surface area contributed by atoms with E-state index in [-0.39, 0.29) is 4.91 Å². The topological polar surface area (TPSA) is 97.7 Å². The van der Waals surface area contributed by atoms with Gasteiger partial charge in [-0.3, -0.25) is 19.3 Å². The Kier molecular flexibility index (Phi) is 7.32. The van der Waals surface area contributed by atoms with Gasteiger partial charge in [0.1, 0.15) is 6.54 Å². The van der Waals surface area contributed by atoms with Gasteiger partial charge in [-0.05, 0) is 73.6 Å². The molecule has 0 saturated carbocycles. The van der Waals surface area contributed by atoms with Gasteiger partial charge < -0.3 is 14.6 Å². The molecule has 1 aliphatic heterocycles. The van der Waals surface area contributed by atoms with E-state index in [1.165, 1.54) is 7.11 Å². The number of carbonyl (C=O) groups is 4. The molecule has 0 spiro atoms. The fraction of sp³-hybridized carbons (Fsp3) is 0.154. The lowest BCUT2D eigenvalue weighted by Crippen LogP contribution is -2.36. The first kappa shape index (κ1) is 25.3. The maximum Gasteiger partial charge on any atom is 0.337 e. The molecule has 0 aliphatic carbocycles. The fourth-order valence-corrected chi connectivity index (χ4v) is 4.91. The van der Waals surface area contributed by atoms with Crippen molar-refractivity contribution in [2.24, 2.45) is 0 Å². The van der Waals surface area contributed by atoms with Crippen molar-refractivity contribution < 1.29 is 23.9 Å². The number of rotatable bonds is 6. The summed E-state index contributed by atoms with van der Waals surface area (Å²) in [4.78, 5) is 51.0. The second-order valence-corrected chi connectivity index (χ2v) is 9.40. The lowest BCUT2D eigenvalue weighted by Gasteiger charge is -2.13. The SMILES string of the molecule is COC(=O)c1cccc(-n2c(C)cc(/C=C3/SC(=O)N(CC(=O)Nc4ccccc4Cl)C3=O)c2C)c1. The van der Waals surface area contributed by atoms with Crippen LogP contribution < -0.4 is 5.32 Å². The van der Waals surface area contributed by atoms with E-state index in [9.17, 15) is 19.2 Å². The van der Waals surface area contributed by atoms with Crippen LogP contribution in [0.1, 0.15) is 27.3 Å². The molecule has 3 amide bonds. The number of aryl methyl sites for hydroxylation is 1. The standard InChI is InChI=1S/C26H22ClN3O5S/c1-15-11-18(16(2)30(15)19-8-6-7-17(12-19)25(33)35-3)13-22-24(32)29(26(34)36-22)14-23(31)28-21-10-5-4-9-20(21)27/h4-13H,14H2,1-3H3,(H,28,31)/b22-13+. The lowest BCUT2D eigenvalue weighted by atomic mass is 10.2. The molecule has 8 nitrogen and oxygen atoms in total. The van der Waals surface area contributed by atoms with Gasteiger partial charge in [-0.1, -0.05) is 29.8 Å². The number of thioether (sulfide) groups is 1. The van der Waals surface area contributed by atoms with Crippen LogP contribution in [0.2, 0.25) is 5.02 Å². The summed E-state index contributed by atoms with van der Waals surface area (Å²) in [6.07, 6.45) is 1.64. The number of carbonyl (C=O) groups excluding carboxylic acids is 4. The summed E-state index contributed by atoms with van der Waals surface area (Å²) >= 11 is 6.84. The smallest absolute Gasteiger partial charge is 0.337 e. The van der Waals surface area contributed by atoms with E-state index >= 15 is 0 Å². The molecule has 1 aliphatic rings. The van der Waals surface area contributed by atoms with Crippen molar-refractivity contribution in [3.05, 3.63) is 87.0 Å². The third kappa shape index (κ3) is 5.07. The minimum Gasteiger partial charge on any atom is -0.465 e. The Morgan fingerprint density at radius 3 is 2.56 bits per heavy atom. The summed E-state index contributed by atoms with van der Waals surface area (Å²) < 4.78 is 6.75. The monoisotopic (exact) mass is 523 g/mol. The second-order valence-electron chi connectivity index (χ2n) is 8.00. The number of nitrogens with one attached hydrogen (secondary N) is 1. The molecule has 0 atom stereocenters. The van der Waals surface area contributed by atoms with Gasteiger partial charge >= 0.3 is 5.97 Å². The number of hydrogen-bond donors (Lipinski definition) is 1. The average Bonchev–Trinajstić information content (AvgIpc) is 3.28. The highest BCUT2D eigenvalue weighted by Gasteiger charge is 2.36. The van der Waals surface area contributed by atoms with Gasteiger partial charge in [0.25, 0.3) is 11.1 Å². The van der Waals surface area contributed by atoms with Gasteiger partial charge in [0.2, 0.25) is 5.91 Å². The van der Waals surface area contributed by atoms with Crippen LogP contribution in [0.15, 0.2) is 59.5 Å². The molecule has 1 aromatic heterocycles. The molecule has 1 N–H and O–H groups in total. The Labute approximate surface area is 216 Å². The predicted octanol–water partition coefficient (Wildman–Crippen LogP) is 5.21. The minimum atomic E-state index is -0.545. The Bertz CT molecular complexity index is 1430. The molecule has 4 rings (SSSR count). The molecule has 10 heteroatoms. The first-order valence-electron chi connectivity index (χ1n) is 10.9. The molecule has 1 fully saturated rings. The number of imide groups is 1. The van der Waals surface area contributed by atoms with E-state index in [0.717, 1.165) is 39.3 Å². The van der Waals surface area contributed by atoms with Crippen LogP contribution in [0.3, 0.4) is 0 Å². The van der Waals surface area contributed by atoms with Crippen LogP contribution in [-0.2, 0) is 14.3 Å². The number of halogens is 1. The Morgan fingerprint density at radius 1 is 1.08 bits per heavy atom. The molecule has 2 heterocycles. The van der Waals surface area contributed by atoms with Gasteiger partial charge in [-0.25, -0.2) is 4.79 Å². The predicted molar refractivity (Wildman–Crippen MR) is 139 cm³/mol. The van der Waals surface area contributed by atoms with E-state index < -0.39 is 29.6 Å². The van der Waals surface area contributed by atoms with Gasteiger partial charge in [-0.15, -0.1) is 0 Å². The van der Waals surface area contributed by atoms with Crippen LogP contribution in [0.4, 0.5) is 10.5 Å². The Hall–Kier alpha value is -3.82. The number of nitrogens with zero attached hydrogens (tertiary/aromatic N) is 2. The lowest BCUT2D eigenvalue weighted by molar-refractivity contribution is -0.127. The van der Waals surface area contributed by atoms with Gasteiger partial charge in [0.15, 0.2) is 0 Å². The summed E-state index contributed by atoms with van der Waals surface area (Å²) in [7, 11) is 1.33. The highest BCUT2D eigenvalue weighted by molar-refractivity contribution is 8.18. The quantitative estimate of drug-likeness (QED) is 0.352. The summed E-state index contributed by atoms with van der Waals surface area (Å²) in [5, 5.41) is 2.44. The number of anilines is 1. The van der Waals surface area contributed by atoms with Crippen LogP contribution in [0.25, 0.3) is 11.8 Å². The van der Waals surface area contributed by atoms with Crippen LogP contribution in [0.5, 0.6) is 0 Å². The number of aromatic nitrogens is 1. The molecule has 1 saturated heterocycles. The van der Waals surface area contributed by atoms with E-state index in [1.807, 2.05) is 30.5 Å². The Morgan fingerprint density at radius 2 is 1.83 bits per heavy atom. The zero-order valence-electron chi connectivity index (χ0n) is 19.7. The third-order valence-corrected chi connectivity index (χ3v) is 6.84.